The van der Waals surface area contributed by atoms with Crippen molar-refractivity contribution in [3.8, 4) is 0 Å². The molecule has 5 nitrogen and oxygen atoms in total. The van der Waals surface area contributed by atoms with Crippen molar-refractivity contribution in [2.45, 2.75) is 24.7 Å². The molecule has 5 heteroatoms. The molecule has 0 N–H and O–H groups in total. The fourth-order valence-electron chi connectivity index (χ4n) is 2.13. The zero-order valence-electron chi connectivity index (χ0n) is 11.7. The van der Waals surface area contributed by atoms with Gasteiger partial charge in [0.25, 0.3) is 0 Å². The third kappa shape index (κ3) is 4.09. The SMILES string of the molecule is COC(CCc1ccccc1)C(CN=O)(OC)OC. The standard InChI is InChI=1S/C14H21NO4/c1-17-13(14(18-2,19-3)11-15-16)10-9-12-7-5-4-6-8-12/h4-8,13H,9-11H2,1-3H3. The minimum absolute atomic E-state index is 0.104. The minimum Gasteiger partial charge on any atom is -0.376 e. The molecule has 0 amide bonds. The molecule has 0 aliphatic rings. The molecule has 0 aromatic heterocycles. The van der Waals surface area contributed by atoms with E-state index in [0.29, 0.717) is 6.42 Å². The lowest BCUT2D eigenvalue weighted by Gasteiger charge is -2.35. The van der Waals surface area contributed by atoms with E-state index >= 15 is 0 Å². The summed E-state index contributed by atoms with van der Waals surface area (Å²) in [5.74, 6) is -1.12. The van der Waals surface area contributed by atoms with Crippen molar-refractivity contribution in [2.75, 3.05) is 27.9 Å². The molecule has 0 heterocycles. The molecular formula is C14H21NO4. The summed E-state index contributed by atoms with van der Waals surface area (Å²) in [6, 6.07) is 10.0. The van der Waals surface area contributed by atoms with E-state index in [2.05, 4.69) is 5.18 Å². The molecule has 1 rings (SSSR count). The summed E-state index contributed by atoms with van der Waals surface area (Å²) in [6.45, 7) is -0.104. The molecule has 1 aromatic carbocycles. The molecule has 0 fully saturated rings. The average molecular weight is 267 g/mol. The van der Waals surface area contributed by atoms with Crippen molar-refractivity contribution in [3.05, 3.63) is 40.8 Å². The highest BCUT2D eigenvalue weighted by molar-refractivity contribution is 5.14. The Labute approximate surface area is 113 Å². The van der Waals surface area contributed by atoms with Gasteiger partial charge >= 0.3 is 0 Å². The molecule has 0 aliphatic carbocycles. The molecule has 1 aromatic rings. The van der Waals surface area contributed by atoms with Crippen LogP contribution >= 0.6 is 0 Å². The van der Waals surface area contributed by atoms with Crippen molar-refractivity contribution in [2.24, 2.45) is 5.18 Å². The van der Waals surface area contributed by atoms with Gasteiger partial charge in [-0.3, -0.25) is 0 Å². The van der Waals surface area contributed by atoms with Gasteiger partial charge in [-0.05, 0) is 18.4 Å². The first-order chi connectivity index (χ1) is 9.22. The number of hydrogen-bond donors (Lipinski definition) is 0. The Balaban J connectivity index is 2.72. The van der Waals surface area contributed by atoms with Crippen molar-refractivity contribution in [3.63, 3.8) is 0 Å². The topological polar surface area (TPSA) is 57.1 Å². The maximum atomic E-state index is 10.6. The number of methoxy groups -OCH3 is 3. The number of hydrogen-bond acceptors (Lipinski definition) is 5. The van der Waals surface area contributed by atoms with E-state index < -0.39 is 5.79 Å². The third-order valence-electron chi connectivity index (χ3n) is 3.29. The van der Waals surface area contributed by atoms with Crippen molar-refractivity contribution >= 4 is 0 Å². The van der Waals surface area contributed by atoms with Gasteiger partial charge in [0.15, 0.2) is 0 Å². The van der Waals surface area contributed by atoms with Crippen LogP contribution in [0.1, 0.15) is 12.0 Å². The number of nitrogens with zero attached hydrogens (tertiary/aromatic N) is 1. The van der Waals surface area contributed by atoms with Gasteiger partial charge in [-0.15, -0.1) is 0 Å². The van der Waals surface area contributed by atoms with Gasteiger partial charge in [-0.1, -0.05) is 35.5 Å². The first-order valence-electron chi connectivity index (χ1n) is 6.18. The Bertz CT molecular complexity index is 365. The van der Waals surface area contributed by atoms with Crippen molar-refractivity contribution in [1.82, 2.24) is 0 Å². The monoisotopic (exact) mass is 267 g/mol. The maximum absolute atomic E-state index is 10.6. The molecule has 0 spiro atoms. The van der Waals surface area contributed by atoms with Crippen LogP contribution in [-0.2, 0) is 20.6 Å². The highest BCUT2D eigenvalue weighted by atomic mass is 16.7. The van der Waals surface area contributed by atoms with Crippen LogP contribution in [0.3, 0.4) is 0 Å². The van der Waals surface area contributed by atoms with Gasteiger partial charge in [0.1, 0.15) is 12.6 Å². The number of nitroso groups, excluding NO2 is 1. The second kappa shape index (κ2) is 7.99. The number of aryl methyl sites for hydroxylation is 1. The lowest BCUT2D eigenvalue weighted by molar-refractivity contribution is -0.258. The summed E-state index contributed by atoms with van der Waals surface area (Å²) in [7, 11) is 4.56. The lowest BCUT2D eigenvalue weighted by atomic mass is 10.0. The molecule has 0 radical (unpaired) electrons. The fourth-order valence-corrected chi connectivity index (χ4v) is 2.13. The van der Waals surface area contributed by atoms with Crippen LogP contribution in [0.4, 0.5) is 0 Å². The Morgan fingerprint density at radius 2 is 1.79 bits per heavy atom. The van der Waals surface area contributed by atoms with Gasteiger partial charge < -0.3 is 14.2 Å². The van der Waals surface area contributed by atoms with Crippen molar-refractivity contribution < 1.29 is 14.2 Å². The summed E-state index contributed by atoms with van der Waals surface area (Å²) < 4.78 is 16.1. The molecule has 0 saturated heterocycles. The molecule has 0 saturated carbocycles. The lowest BCUT2D eigenvalue weighted by Crippen LogP contribution is -2.49. The van der Waals surface area contributed by atoms with Crippen LogP contribution in [-0.4, -0.2) is 39.8 Å². The number of rotatable bonds is 9. The van der Waals surface area contributed by atoms with Crippen LogP contribution < -0.4 is 0 Å². The van der Waals surface area contributed by atoms with Gasteiger partial charge in [-0.2, -0.15) is 4.91 Å². The molecule has 1 unspecified atom stereocenters. The van der Waals surface area contributed by atoms with E-state index in [1.54, 1.807) is 7.11 Å². The van der Waals surface area contributed by atoms with E-state index in [1.807, 2.05) is 30.3 Å². The van der Waals surface area contributed by atoms with Gasteiger partial charge in [-0.25, -0.2) is 0 Å². The average Bonchev–Trinajstić information content (AvgIpc) is 2.47. The highest BCUT2D eigenvalue weighted by Crippen LogP contribution is 2.24. The molecule has 106 valence electrons. The van der Waals surface area contributed by atoms with Crippen LogP contribution in [0, 0.1) is 4.91 Å². The number of ether oxygens (including phenoxy) is 3. The van der Waals surface area contributed by atoms with Gasteiger partial charge in [0, 0.05) is 21.3 Å². The predicted molar refractivity (Wildman–Crippen MR) is 73.0 cm³/mol. The van der Waals surface area contributed by atoms with Crippen LogP contribution in [0.15, 0.2) is 35.5 Å². The normalized spacial score (nSPS) is 13.2. The van der Waals surface area contributed by atoms with E-state index in [1.165, 1.54) is 19.8 Å². The van der Waals surface area contributed by atoms with E-state index in [9.17, 15) is 4.91 Å². The Morgan fingerprint density at radius 3 is 2.26 bits per heavy atom. The summed E-state index contributed by atoms with van der Waals surface area (Å²) in [4.78, 5) is 10.6. The quantitative estimate of drug-likeness (QED) is 0.509. The smallest absolute Gasteiger partial charge is 0.218 e. The first kappa shape index (κ1) is 15.8. The largest absolute Gasteiger partial charge is 0.376 e. The summed E-state index contributed by atoms with van der Waals surface area (Å²) in [6.07, 6.45) is 1.13. The summed E-state index contributed by atoms with van der Waals surface area (Å²) >= 11 is 0. The highest BCUT2D eigenvalue weighted by Gasteiger charge is 2.40. The van der Waals surface area contributed by atoms with Gasteiger partial charge in [0.2, 0.25) is 5.79 Å². The van der Waals surface area contributed by atoms with Crippen LogP contribution in [0.2, 0.25) is 0 Å². The molecule has 0 bridgehead atoms. The Morgan fingerprint density at radius 1 is 1.16 bits per heavy atom. The molecule has 19 heavy (non-hydrogen) atoms. The van der Waals surface area contributed by atoms with Crippen molar-refractivity contribution in [1.29, 1.82) is 0 Å². The summed E-state index contributed by atoms with van der Waals surface area (Å²) in [5, 5.41) is 2.89. The predicted octanol–water partition coefficient (Wildman–Crippen LogP) is 2.39. The molecule has 1 atom stereocenters. The third-order valence-corrected chi connectivity index (χ3v) is 3.29. The Kier molecular flexibility index (Phi) is 6.62. The fraction of sp³-hybridized carbons (Fsp3) is 0.571. The molecular weight excluding hydrogens is 246 g/mol. The van der Waals surface area contributed by atoms with E-state index in [4.69, 9.17) is 14.2 Å². The second-order valence-corrected chi connectivity index (χ2v) is 4.26. The van der Waals surface area contributed by atoms with E-state index in [-0.39, 0.29) is 12.6 Å². The zero-order chi connectivity index (χ0) is 14.1. The first-order valence-corrected chi connectivity index (χ1v) is 6.18. The maximum Gasteiger partial charge on any atom is 0.218 e. The molecule has 0 aliphatic heterocycles. The zero-order valence-corrected chi connectivity index (χ0v) is 11.7. The minimum atomic E-state index is -1.12. The van der Waals surface area contributed by atoms with Gasteiger partial charge in [0.05, 0.1) is 0 Å². The Hall–Kier alpha value is -1.30. The summed E-state index contributed by atoms with van der Waals surface area (Å²) in [5.41, 5.74) is 1.20. The second-order valence-electron chi connectivity index (χ2n) is 4.26. The van der Waals surface area contributed by atoms with Crippen LogP contribution in [0.5, 0.6) is 0 Å². The van der Waals surface area contributed by atoms with E-state index in [0.717, 1.165) is 6.42 Å². The number of benzene rings is 1. The van der Waals surface area contributed by atoms with Crippen LogP contribution in [0.25, 0.3) is 0 Å².